The van der Waals surface area contributed by atoms with Gasteiger partial charge in [-0.25, -0.2) is 4.79 Å². The molecule has 1 aliphatic heterocycles. The summed E-state index contributed by atoms with van der Waals surface area (Å²) in [5, 5.41) is 13.0. The number of morpholine rings is 1. The molecule has 1 saturated heterocycles. The van der Waals surface area contributed by atoms with E-state index in [9.17, 15) is 14.7 Å². The Labute approximate surface area is 168 Å². The summed E-state index contributed by atoms with van der Waals surface area (Å²) in [6, 6.07) is 7.44. The molecule has 0 spiro atoms. The summed E-state index contributed by atoms with van der Waals surface area (Å²) in [6.07, 6.45) is 2.93. The molecule has 1 aromatic heterocycles. The van der Waals surface area contributed by atoms with Gasteiger partial charge in [-0.2, -0.15) is 0 Å². The highest BCUT2D eigenvalue weighted by Gasteiger charge is 2.30. The Bertz CT molecular complexity index is 885. The van der Waals surface area contributed by atoms with Crippen LogP contribution in [-0.2, 0) is 11.2 Å². The molecule has 4 rings (SSSR count). The zero-order chi connectivity index (χ0) is 19.7. The number of nitrogens with one attached hydrogen (secondary N) is 1. The lowest BCUT2D eigenvalue weighted by molar-refractivity contribution is 0.0696. The van der Waals surface area contributed by atoms with Gasteiger partial charge in [0.05, 0.1) is 18.8 Å². The van der Waals surface area contributed by atoms with E-state index in [1.54, 1.807) is 12.1 Å². The van der Waals surface area contributed by atoms with E-state index >= 15 is 0 Å². The number of amides is 1. The van der Waals surface area contributed by atoms with Crippen molar-refractivity contribution in [1.82, 2.24) is 0 Å². The lowest BCUT2D eigenvalue weighted by Gasteiger charge is -2.28. The van der Waals surface area contributed by atoms with Crippen LogP contribution in [-0.4, -0.2) is 43.3 Å². The smallest absolute Gasteiger partial charge is 0.339 e. The van der Waals surface area contributed by atoms with Crippen molar-refractivity contribution in [2.75, 3.05) is 36.5 Å². The topological polar surface area (TPSA) is 78.9 Å². The third kappa shape index (κ3) is 3.64. The summed E-state index contributed by atoms with van der Waals surface area (Å²) < 4.78 is 5.37. The summed E-state index contributed by atoms with van der Waals surface area (Å²) in [7, 11) is 0. The van der Waals surface area contributed by atoms with E-state index in [-0.39, 0.29) is 17.4 Å². The maximum Gasteiger partial charge on any atom is 0.339 e. The van der Waals surface area contributed by atoms with Gasteiger partial charge in [0.25, 0.3) is 5.91 Å². The summed E-state index contributed by atoms with van der Waals surface area (Å²) in [5.41, 5.74) is 2.76. The number of hydrogen-bond donors (Lipinski definition) is 2. The van der Waals surface area contributed by atoms with Gasteiger partial charge in [-0.15, -0.1) is 11.3 Å². The molecule has 0 bridgehead atoms. The highest BCUT2D eigenvalue weighted by atomic mass is 32.1. The summed E-state index contributed by atoms with van der Waals surface area (Å²) in [5.74, 6) is -1.03. The molecule has 2 N–H and O–H groups in total. The standard InChI is InChI=1S/C21H24N2O4S/c1-13-3-2-4-16-17(13)18(21(25)26)20(28-16)22-19(24)14-5-7-15(8-6-14)23-9-11-27-12-10-23/h5-8,13H,2-4,9-12H2,1H3,(H,22,24)(H,25,26). The Hall–Kier alpha value is -2.38. The van der Waals surface area contributed by atoms with Crippen LogP contribution >= 0.6 is 11.3 Å². The molecule has 2 heterocycles. The van der Waals surface area contributed by atoms with Gasteiger partial charge in [-0.3, -0.25) is 4.79 Å². The van der Waals surface area contributed by atoms with Crippen LogP contribution in [0.2, 0.25) is 0 Å². The van der Waals surface area contributed by atoms with E-state index < -0.39 is 5.97 Å². The number of fused-ring (bicyclic) bond motifs is 1. The molecule has 6 nitrogen and oxygen atoms in total. The quantitative estimate of drug-likeness (QED) is 0.812. The van der Waals surface area contributed by atoms with Crippen molar-refractivity contribution in [3.8, 4) is 0 Å². The molecule has 1 atom stereocenters. The number of carbonyl (C=O) groups excluding carboxylic acids is 1. The Morgan fingerprint density at radius 3 is 2.61 bits per heavy atom. The molecule has 1 unspecified atom stereocenters. The van der Waals surface area contributed by atoms with Gasteiger partial charge in [0.15, 0.2) is 0 Å². The van der Waals surface area contributed by atoms with E-state index in [1.165, 1.54) is 11.3 Å². The van der Waals surface area contributed by atoms with Gasteiger partial charge in [-0.1, -0.05) is 6.92 Å². The fraction of sp³-hybridized carbons (Fsp3) is 0.429. The number of benzene rings is 1. The highest BCUT2D eigenvalue weighted by Crippen LogP contribution is 2.43. The first-order chi connectivity index (χ1) is 13.5. The van der Waals surface area contributed by atoms with Gasteiger partial charge < -0.3 is 20.1 Å². The molecular formula is C21H24N2O4S. The molecule has 1 fully saturated rings. The minimum absolute atomic E-state index is 0.213. The predicted molar refractivity (Wildman–Crippen MR) is 110 cm³/mol. The Kier molecular flexibility index (Phi) is 5.37. The first-order valence-corrected chi connectivity index (χ1v) is 10.5. The fourth-order valence-electron chi connectivity index (χ4n) is 4.03. The van der Waals surface area contributed by atoms with Crippen LogP contribution in [0.3, 0.4) is 0 Å². The molecular weight excluding hydrogens is 376 g/mol. The molecule has 1 amide bonds. The number of rotatable bonds is 4. The monoisotopic (exact) mass is 400 g/mol. The highest BCUT2D eigenvalue weighted by molar-refractivity contribution is 7.17. The number of aromatic carboxylic acids is 1. The number of hydrogen-bond acceptors (Lipinski definition) is 5. The molecule has 28 heavy (non-hydrogen) atoms. The van der Waals surface area contributed by atoms with E-state index in [2.05, 4.69) is 17.1 Å². The van der Waals surface area contributed by atoms with Crippen LogP contribution in [0, 0.1) is 0 Å². The van der Waals surface area contributed by atoms with Crippen molar-refractivity contribution >= 4 is 33.9 Å². The van der Waals surface area contributed by atoms with Crippen LogP contribution in [0.15, 0.2) is 24.3 Å². The minimum atomic E-state index is -0.968. The van der Waals surface area contributed by atoms with E-state index in [0.717, 1.165) is 48.5 Å². The van der Waals surface area contributed by atoms with Gasteiger partial charge in [0.1, 0.15) is 5.00 Å². The lowest BCUT2D eigenvalue weighted by atomic mass is 9.86. The van der Waals surface area contributed by atoms with E-state index in [4.69, 9.17) is 4.74 Å². The Morgan fingerprint density at radius 2 is 1.93 bits per heavy atom. The summed E-state index contributed by atoms with van der Waals surface area (Å²) in [4.78, 5) is 27.9. The maximum absolute atomic E-state index is 12.7. The van der Waals surface area contributed by atoms with Crippen LogP contribution in [0.1, 0.15) is 56.8 Å². The Morgan fingerprint density at radius 1 is 1.21 bits per heavy atom. The number of carbonyl (C=O) groups is 2. The minimum Gasteiger partial charge on any atom is -0.478 e. The predicted octanol–water partition coefficient (Wildman–Crippen LogP) is 3.98. The van der Waals surface area contributed by atoms with Crippen LogP contribution in [0.5, 0.6) is 0 Å². The third-order valence-electron chi connectivity index (χ3n) is 5.50. The number of anilines is 2. The van der Waals surface area contributed by atoms with E-state index in [0.29, 0.717) is 23.8 Å². The summed E-state index contributed by atoms with van der Waals surface area (Å²) in [6.45, 7) is 5.16. The van der Waals surface area contributed by atoms with Gasteiger partial charge in [-0.05, 0) is 55.0 Å². The first kappa shape index (κ1) is 19.0. The Balaban J connectivity index is 1.54. The van der Waals surface area contributed by atoms with E-state index in [1.807, 2.05) is 12.1 Å². The normalized spacial score (nSPS) is 19.2. The average Bonchev–Trinajstić information content (AvgIpc) is 3.08. The second-order valence-corrected chi connectivity index (χ2v) is 8.45. The lowest BCUT2D eigenvalue weighted by Crippen LogP contribution is -2.36. The molecule has 2 aromatic rings. The SMILES string of the molecule is CC1CCCc2sc(NC(=O)c3ccc(N4CCOCC4)cc3)c(C(=O)O)c21. The van der Waals surface area contributed by atoms with Crippen molar-refractivity contribution in [2.24, 2.45) is 0 Å². The number of ether oxygens (including phenoxy) is 1. The molecule has 148 valence electrons. The second-order valence-electron chi connectivity index (χ2n) is 7.34. The number of carboxylic acids is 1. The van der Waals surface area contributed by atoms with Crippen molar-refractivity contribution in [1.29, 1.82) is 0 Å². The van der Waals surface area contributed by atoms with Crippen LogP contribution < -0.4 is 10.2 Å². The number of aryl methyl sites for hydroxylation is 1. The summed E-state index contributed by atoms with van der Waals surface area (Å²) >= 11 is 1.41. The van der Waals surface area contributed by atoms with Crippen LogP contribution in [0.4, 0.5) is 10.7 Å². The third-order valence-corrected chi connectivity index (χ3v) is 6.68. The van der Waals surface area contributed by atoms with Gasteiger partial charge in [0.2, 0.25) is 0 Å². The van der Waals surface area contributed by atoms with Crippen molar-refractivity contribution in [2.45, 2.75) is 32.1 Å². The molecule has 0 saturated carbocycles. The number of thiophene rings is 1. The molecule has 0 radical (unpaired) electrons. The molecule has 1 aliphatic carbocycles. The molecule has 2 aliphatic rings. The molecule has 7 heteroatoms. The molecule has 1 aromatic carbocycles. The van der Waals surface area contributed by atoms with Crippen molar-refractivity contribution < 1.29 is 19.4 Å². The number of carboxylic acid groups (broad SMARTS) is 1. The van der Waals surface area contributed by atoms with Crippen molar-refractivity contribution in [3.63, 3.8) is 0 Å². The van der Waals surface area contributed by atoms with Crippen molar-refractivity contribution in [3.05, 3.63) is 45.8 Å². The largest absolute Gasteiger partial charge is 0.478 e. The second kappa shape index (κ2) is 7.93. The zero-order valence-electron chi connectivity index (χ0n) is 15.9. The van der Waals surface area contributed by atoms with Crippen LogP contribution in [0.25, 0.3) is 0 Å². The zero-order valence-corrected chi connectivity index (χ0v) is 16.7. The fourth-order valence-corrected chi connectivity index (χ4v) is 5.38. The number of nitrogens with zero attached hydrogens (tertiary/aromatic N) is 1. The van der Waals surface area contributed by atoms with Gasteiger partial charge >= 0.3 is 5.97 Å². The maximum atomic E-state index is 12.7. The first-order valence-electron chi connectivity index (χ1n) is 9.67. The average molecular weight is 401 g/mol. The van der Waals surface area contributed by atoms with Gasteiger partial charge in [0, 0.05) is 29.2 Å².